The molecule has 1 aromatic carbocycles. The third-order valence-corrected chi connectivity index (χ3v) is 3.38. The molecule has 1 aromatic rings. The highest BCUT2D eigenvalue weighted by Crippen LogP contribution is 2.38. The van der Waals surface area contributed by atoms with Crippen molar-refractivity contribution in [3.63, 3.8) is 0 Å². The molecule has 0 atom stereocenters. The number of benzene rings is 1. The van der Waals surface area contributed by atoms with Gasteiger partial charge in [0.25, 0.3) is 0 Å². The second-order valence-electron chi connectivity index (χ2n) is 4.71. The fraction of sp³-hybridized carbons (Fsp3) is 0.600. The maximum absolute atomic E-state index is 15.0. The van der Waals surface area contributed by atoms with Crippen molar-refractivity contribution in [1.29, 1.82) is 0 Å². The normalized spacial score (nSPS) is 11.8. The third kappa shape index (κ3) is 2.63. The minimum atomic E-state index is -1.13. The molecule has 0 amide bonds. The average Bonchev–Trinajstić information content (AvgIpc) is 2.22. The highest BCUT2D eigenvalue weighted by atomic mass is 19.1. The summed E-state index contributed by atoms with van der Waals surface area (Å²) < 4.78 is 15.0. The van der Waals surface area contributed by atoms with Gasteiger partial charge in [-0.25, -0.2) is 4.39 Å². The van der Waals surface area contributed by atoms with Crippen LogP contribution in [0.5, 0.6) is 0 Å². The number of aryl methyl sites for hydroxylation is 1. The first kappa shape index (κ1) is 13.2. The average molecular weight is 222 g/mol. The minimum Gasteiger partial charge on any atom is -0.239 e. The van der Waals surface area contributed by atoms with Gasteiger partial charge >= 0.3 is 0 Å². The molecule has 0 saturated carbocycles. The standard InChI is InChI=1S/C15H23F/c1-5-10-15(16,11-6-2)14-9-7-8-12(3)13(14)4/h7-9H,5-6,10-11H2,1-4H3. The summed E-state index contributed by atoms with van der Waals surface area (Å²) >= 11 is 0. The zero-order valence-electron chi connectivity index (χ0n) is 10.9. The summed E-state index contributed by atoms with van der Waals surface area (Å²) in [6.07, 6.45) is 3.05. The van der Waals surface area contributed by atoms with E-state index in [1.54, 1.807) is 0 Å². The Kier molecular flexibility index (Phi) is 4.52. The van der Waals surface area contributed by atoms with Crippen LogP contribution in [0, 0.1) is 13.8 Å². The van der Waals surface area contributed by atoms with Gasteiger partial charge in [0.15, 0.2) is 0 Å². The van der Waals surface area contributed by atoms with E-state index in [-0.39, 0.29) is 0 Å². The van der Waals surface area contributed by atoms with Crippen LogP contribution in [-0.2, 0) is 5.67 Å². The van der Waals surface area contributed by atoms with Crippen LogP contribution in [0.25, 0.3) is 0 Å². The Morgan fingerprint density at radius 2 is 1.62 bits per heavy atom. The molecule has 0 unspecified atom stereocenters. The highest BCUT2D eigenvalue weighted by Gasteiger charge is 2.31. The van der Waals surface area contributed by atoms with Gasteiger partial charge in [-0.2, -0.15) is 0 Å². The maximum atomic E-state index is 15.0. The van der Waals surface area contributed by atoms with Crippen molar-refractivity contribution in [3.05, 3.63) is 34.9 Å². The lowest BCUT2D eigenvalue weighted by molar-refractivity contribution is 0.133. The van der Waals surface area contributed by atoms with Gasteiger partial charge in [-0.15, -0.1) is 0 Å². The van der Waals surface area contributed by atoms with Gasteiger partial charge < -0.3 is 0 Å². The fourth-order valence-electron chi connectivity index (χ4n) is 2.42. The Labute approximate surface area is 98.9 Å². The van der Waals surface area contributed by atoms with Crippen LogP contribution >= 0.6 is 0 Å². The van der Waals surface area contributed by atoms with Crippen LogP contribution in [0.15, 0.2) is 18.2 Å². The number of hydrogen-bond donors (Lipinski definition) is 0. The van der Waals surface area contributed by atoms with E-state index in [4.69, 9.17) is 0 Å². The van der Waals surface area contributed by atoms with Crippen molar-refractivity contribution in [2.24, 2.45) is 0 Å². The Morgan fingerprint density at radius 1 is 1.06 bits per heavy atom. The highest BCUT2D eigenvalue weighted by molar-refractivity contribution is 5.37. The molecular weight excluding hydrogens is 199 g/mol. The number of hydrogen-bond acceptors (Lipinski definition) is 0. The monoisotopic (exact) mass is 222 g/mol. The van der Waals surface area contributed by atoms with Gasteiger partial charge in [-0.3, -0.25) is 0 Å². The first-order chi connectivity index (χ1) is 7.55. The second kappa shape index (κ2) is 5.47. The molecule has 0 N–H and O–H groups in total. The maximum Gasteiger partial charge on any atom is 0.136 e. The predicted octanol–water partition coefficient (Wildman–Crippen LogP) is 5.07. The van der Waals surface area contributed by atoms with E-state index in [2.05, 4.69) is 26.8 Å². The van der Waals surface area contributed by atoms with Gasteiger partial charge in [0, 0.05) is 0 Å². The van der Waals surface area contributed by atoms with Crippen LogP contribution in [0.2, 0.25) is 0 Å². The molecule has 16 heavy (non-hydrogen) atoms. The van der Waals surface area contributed by atoms with Crippen LogP contribution in [-0.4, -0.2) is 0 Å². The summed E-state index contributed by atoms with van der Waals surface area (Å²) in [5, 5.41) is 0. The van der Waals surface area contributed by atoms with Crippen LogP contribution in [0.3, 0.4) is 0 Å². The van der Waals surface area contributed by atoms with E-state index in [1.807, 2.05) is 19.1 Å². The van der Waals surface area contributed by atoms with Gasteiger partial charge in [0.05, 0.1) is 0 Å². The van der Waals surface area contributed by atoms with E-state index in [0.29, 0.717) is 12.8 Å². The Morgan fingerprint density at radius 3 is 2.12 bits per heavy atom. The van der Waals surface area contributed by atoms with Crippen molar-refractivity contribution >= 4 is 0 Å². The third-order valence-electron chi connectivity index (χ3n) is 3.38. The van der Waals surface area contributed by atoms with Crippen molar-refractivity contribution < 1.29 is 4.39 Å². The molecule has 0 aliphatic rings. The first-order valence-corrected chi connectivity index (χ1v) is 6.30. The van der Waals surface area contributed by atoms with E-state index in [0.717, 1.165) is 24.0 Å². The number of rotatable bonds is 5. The Balaban J connectivity index is 3.15. The van der Waals surface area contributed by atoms with Crippen molar-refractivity contribution in [2.45, 2.75) is 59.0 Å². The molecule has 1 rings (SSSR count). The largest absolute Gasteiger partial charge is 0.239 e. The molecule has 0 aliphatic carbocycles. The quantitative estimate of drug-likeness (QED) is 0.652. The van der Waals surface area contributed by atoms with Crippen LogP contribution in [0.4, 0.5) is 4.39 Å². The van der Waals surface area contributed by atoms with E-state index in [1.165, 1.54) is 5.56 Å². The zero-order chi connectivity index (χ0) is 12.2. The van der Waals surface area contributed by atoms with Crippen LogP contribution in [0.1, 0.15) is 56.2 Å². The molecule has 0 radical (unpaired) electrons. The molecule has 0 aromatic heterocycles. The summed E-state index contributed by atoms with van der Waals surface area (Å²) in [7, 11) is 0. The van der Waals surface area contributed by atoms with Gasteiger partial charge in [-0.05, 0) is 43.4 Å². The SMILES string of the molecule is CCCC(F)(CCC)c1cccc(C)c1C. The minimum absolute atomic E-state index is 0.630. The smallest absolute Gasteiger partial charge is 0.136 e. The summed E-state index contributed by atoms with van der Waals surface area (Å²) in [6, 6.07) is 5.97. The topological polar surface area (TPSA) is 0 Å². The van der Waals surface area contributed by atoms with E-state index < -0.39 is 5.67 Å². The van der Waals surface area contributed by atoms with Gasteiger partial charge in [0.2, 0.25) is 0 Å². The number of halogens is 1. The lowest BCUT2D eigenvalue weighted by atomic mass is 9.83. The predicted molar refractivity (Wildman–Crippen MR) is 68.5 cm³/mol. The summed E-state index contributed by atoms with van der Waals surface area (Å²) in [4.78, 5) is 0. The summed E-state index contributed by atoms with van der Waals surface area (Å²) in [5.74, 6) is 0. The molecule has 90 valence electrons. The van der Waals surface area contributed by atoms with Crippen molar-refractivity contribution in [1.82, 2.24) is 0 Å². The molecule has 1 heteroatoms. The second-order valence-corrected chi connectivity index (χ2v) is 4.71. The molecule has 0 heterocycles. The van der Waals surface area contributed by atoms with Crippen molar-refractivity contribution in [3.8, 4) is 0 Å². The lowest BCUT2D eigenvalue weighted by Crippen LogP contribution is -2.21. The molecule has 0 bridgehead atoms. The van der Waals surface area contributed by atoms with E-state index >= 15 is 0 Å². The molecular formula is C15H23F. The Bertz CT molecular complexity index is 335. The molecule has 0 saturated heterocycles. The van der Waals surface area contributed by atoms with Crippen molar-refractivity contribution in [2.75, 3.05) is 0 Å². The number of alkyl halides is 1. The zero-order valence-corrected chi connectivity index (χ0v) is 10.9. The molecule has 0 nitrogen and oxygen atoms in total. The molecule has 0 spiro atoms. The van der Waals surface area contributed by atoms with Gasteiger partial charge in [-0.1, -0.05) is 44.9 Å². The summed E-state index contributed by atoms with van der Waals surface area (Å²) in [6.45, 7) is 8.19. The molecule has 0 fully saturated rings. The van der Waals surface area contributed by atoms with Gasteiger partial charge in [0.1, 0.15) is 5.67 Å². The van der Waals surface area contributed by atoms with E-state index in [9.17, 15) is 4.39 Å². The molecule has 0 aliphatic heterocycles. The lowest BCUT2D eigenvalue weighted by Gasteiger charge is -2.27. The van der Waals surface area contributed by atoms with Crippen LogP contribution < -0.4 is 0 Å². The summed E-state index contributed by atoms with van der Waals surface area (Å²) in [5.41, 5.74) is 2.08. The first-order valence-electron chi connectivity index (χ1n) is 6.30. The fourth-order valence-corrected chi connectivity index (χ4v) is 2.42. The Hall–Kier alpha value is -0.850.